The predicted octanol–water partition coefficient (Wildman–Crippen LogP) is 5.84. The van der Waals surface area contributed by atoms with Gasteiger partial charge in [-0.3, -0.25) is 4.79 Å². The number of hydrogen-bond donors (Lipinski definition) is 1. The standard InChI is InChI=1S/C28H39NOSi/c1-21-18-25-19-23-16-13-17-24(23)20-26(25)27(21)31(2,3)29-28(30)22-14-11-9-7-5-4-6-8-10-12-15-22/h13,16-20,22H,4-12,14-15H2,1-3H3,(H,29,30). The third-order valence-electron chi connectivity index (χ3n) is 7.38. The normalized spacial score (nSPS) is 20.2. The van der Waals surface area contributed by atoms with Gasteiger partial charge in [-0.1, -0.05) is 82.1 Å². The van der Waals surface area contributed by atoms with Crippen LogP contribution < -0.4 is 15.4 Å². The van der Waals surface area contributed by atoms with Crippen LogP contribution >= 0.6 is 0 Å². The van der Waals surface area contributed by atoms with Gasteiger partial charge in [0.05, 0.1) is 0 Å². The van der Waals surface area contributed by atoms with Crippen LogP contribution in [-0.2, 0) is 4.79 Å². The van der Waals surface area contributed by atoms with Crippen LogP contribution in [0, 0.1) is 5.92 Å². The van der Waals surface area contributed by atoms with E-state index in [2.05, 4.69) is 61.4 Å². The van der Waals surface area contributed by atoms with Crippen molar-refractivity contribution in [2.75, 3.05) is 0 Å². The monoisotopic (exact) mass is 433 g/mol. The Morgan fingerprint density at radius 2 is 1.52 bits per heavy atom. The van der Waals surface area contributed by atoms with Crippen molar-refractivity contribution < 1.29 is 4.79 Å². The Bertz CT molecular complexity index is 1000. The highest BCUT2D eigenvalue weighted by molar-refractivity contribution is 6.94. The lowest BCUT2D eigenvalue weighted by Crippen LogP contribution is -2.53. The van der Waals surface area contributed by atoms with Crippen LogP contribution in [0.25, 0.3) is 23.4 Å². The molecule has 2 nitrogen and oxygen atoms in total. The molecule has 0 heterocycles. The van der Waals surface area contributed by atoms with E-state index in [4.69, 9.17) is 0 Å². The molecule has 0 saturated heterocycles. The maximum absolute atomic E-state index is 13.5. The summed E-state index contributed by atoms with van der Waals surface area (Å²) >= 11 is 0. The lowest BCUT2D eigenvalue weighted by Gasteiger charge is -2.29. The number of rotatable bonds is 3. The van der Waals surface area contributed by atoms with Gasteiger partial charge in [-0.25, -0.2) is 0 Å². The first-order valence-electron chi connectivity index (χ1n) is 12.5. The fourth-order valence-electron chi connectivity index (χ4n) is 5.78. The second-order valence-corrected chi connectivity index (χ2v) is 14.4. The molecule has 0 aromatic heterocycles. The van der Waals surface area contributed by atoms with E-state index in [1.807, 2.05) is 0 Å². The molecule has 3 aliphatic rings. The largest absolute Gasteiger partial charge is 0.378 e. The minimum absolute atomic E-state index is 0.189. The summed E-state index contributed by atoms with van der Waals surface area (Å²) < 4.78 is 0. The quantitative estimate of drug-likeness (QED) is 0.596. The van der Waals surface area contributed by atoms with Gasteiger partial charge in [-0.15, -0.1) is 0 Å². The number of allylic oxidation sites excluding steroid dienone is 2. The van der Waals surface area contributed by atoms with Crippen molar-refractivity contribution in [3.8, 4) is 0 Å². The lowest BCUT2D eigenvalue weighted by molar-refractivity contribution is -0.123. The molecule has 31 heavy (non-hydrogen) atoms. The van der Waals surface area contributed by atoms with Crippen LogP contribution in [0.5, 0.6) is 0 Å². The van der Waals surface area contributed by atoms with Crippen LogP contribution in [0.2, 0.25) is 13.1 Å². The average molecular weight is 434 g/mol. The van der Waals surface area contributed by atoms with E-state index in [0.29, 0.717) is 5.91 Å². The molecule has 0 bridgehead atoms. The molecule has 1 N–H and O–H groups in total. The summed E-state index contributed by atoms with van der Waals surface area (Å²) in [4.78, 5) is 17.1. The van der Waals surface area contributed by atoms with Crippen molar-refractivity contribution in [1.82, 2.24) is 4.98 Å². The number of carbonyl (C=O) groups excluding carboxylic acids is 1. The number of fused-ring (bicyclic) bond motifs is 2. The molecule has 3 heteroatoms. The van der Waals surface area contributed by atoms with Gasteiger partial charge in [0.1, 0.15) is 0 Å². The van der Waals surface area contributed by atoms with Crippen molar-refractivity contribution in [2.45, 2.75) is 90.6 Å². The summed E-state index contributed by atoms with van der Waals surface area (Å²) in [6, 6.07) is 4.64. The Hall–Kier alpha value is -1.87. The van der Waals surface area contributed by atoms with Crippen LogP contribution in [0.3, 0.4) is 0 Å². The number of hydrogen-bond acceptors (Lipinski definition) is 1. The molecular formula is C28H39NOSi. The Morgan fingerprint density at radius 3 is 2.16 bits per heavy atom. The summed E-state index contributed by atoms with van der Waals surface area (Å²) in [5.74, 6) is 0.506. The Kier molecular flexibility index (Phi) is 7.01. The molecule has 0 atom stereocenters. The molecule has 1 amide bonds. The van der Waals surface area contributed by atoms with Gasteiger partial charge in [0.15, 0.2) is 8.24 Å². The molecule has 0 aliphatic heterocycles. The van der Waals surface area contributed by atoms with Gasteiger partial charge < -0.3 is 4.98 Å². The molecule has 1 aromatic carbocycles. The predicted molar refractivity (Wildman–Crippen MR) is 136 cm³/mol. The van der Waals surface area contributed by atoms with Crippen LogP contribution in [0.1, 0.15) is 88.7 Å². The topological polar surface area (TPSA) is 29.1 Å². The Morgan fingerprint density at radius 1 is 0.903 bits per heavy atom. The molecule has 0 spiro atoms. The first-order valence-corrected chi connectivity index (χ1v) is 15.5. The number of nitrogens with one attached hydrogen (secondary N) is 1. The van der Waals surface area contributed by atoms with Crippen molar-refractivity contribution >= 4 is 37.6 Å². The van der Waals surface area contributed by atoms with Gasteiger partial charge in [0.2, 0.25) is 5.91 Å². The summed E-state index contributed by atoms with van der Waals surface area (Å²) in [7, 11) is -2.12. The van der Waals surface area contributed by atoms with Gasteiger partial charge in [0.25, 0.3) is 0 Å². The van der Waals surface area contributed by atoms with Crippen LogP contribution in [-0.4, -0.2) is 14.1 Å². The minimum atomic E-state index is -2.12. The van der Waals surface area contributed by atoms with Gasteiger partial charge in [-0.05, 0) is 77.3 Å². The summed E-state index contributed by atoms with van der Waals surface area (Å²) in [6.07, 6.45) is 22.7. The van der Waals surface area contributed by atoms with E-state index in [-0.39, 0.29) is 5.92 Å². The van der Waals surface area contributed by atoms with Gasteiger partial charge in [0, 0.05) is 5.92 Å². The van der Waals surface area contributed by atoms with Crippen molar-refractivity contribution in [2.24, 2.45) is 5.92 Å². The second-order valence-electron chi connectivity index (χ2n) is 10.4. The highest BCUT2D eigenvalue weighted by Gasteiger charge is 2.34. The van der Waals surface area contributed by atoms with E-state index in [0.717, 1.165) is 12.8 Å². The third-order valence-corrected chi connectivity index (χ3v) is 10.2. The molecule has 1 fully saturated rings. The van der Waals surface area contributed by atoms with E-state index >= 15 is 0 Å². The zero-order valence-corrected chi connectivity index (χ0v) is 20.7. The minimum Gasteiger partial charge on any atom is -0.378 e. The van der Waals surface area contributed by atoms with E-state index in [1.54, 1.807) is 0 Å². The van der Waals surface area contributed by atoms with Crippen molar-refractivity contribution in [3.05, 3.63) is 45.3 Å². The maximum Gasteiger partial charge on any atom is 0.215 e. The van der Waals surface area contributed by atoms with Crippen molar-refractivity contribution in [3.63, 3.8) is 0 Å². The molecule has 1 saturated carbocycles. The Labute approximate surface area is 189 Å². The first kappa shape index (κ1) is 22.3. The molecule has 0 radical (unpaired) electrons. The molecule has 0 unspecified atom stereocenters. The number of benzene rings is 1. The van der Waals surface area contributed by atoms with Crippen LogP contribution in [0.4, 0.5) is 0 Å². The maximum atomic E-state index is 13.5. The Balaban J connectivity index is 1.53. The molecular weight excluding hydrogens is 394 g/mol. The van der Waals surface area contributed by atoms with Crippen molar-refractivity contribution in [1.29, 1.82) is 0 Å². The van der Waals surface area contributed by atoms with Gasteiger partial charge in [-0.2, -0.15) is 0 Å². The lowest BCUT2D eigenvalue weighted by atomic mass is 9.92. The zero-order valence-electron chi connectivity index (χ0n) is 19.7. The zero-order chi connectivity index (χ0) is 21.8. The molecule has 4 rings (SSSR count). The van der Waals surface area contributed by atoms with E-state index < -0.39 is 8.24 Å². The van der Waals surface area contributed by atoms with E-state index in [1.165, 1.54) is 90.1 Å². The average Bonchev–Trinajstić information content (AvgIpc) is 3.28. The summed E-state index contributed by atoms with van der Waals surface area (Å²) in [5.41, 5.74) is 3.94. The smallest absolute Gasteiger partial charge is 0.215 e. The van der Waals surface area contributed by atoms with Gasteiger partial charge >= 0.3 is 0 Å². The molecule has 1 aromatic rings. The SMILES string of the molecule is CC1=Cc2cc3c(cc2=C1[Si](C)(C)NC(=O)C1CCCCCCCCCCC1)C=CC=3. The summed E-state index contributed by atoms with van der Waals surface area (Å²) in [6.45, 7) is 6.85. The third kappa shape index (κ3) is 5.14. The molecule has 166 valence electrons. The first-order chi connectivity index (χ1) is 15.0. The van der Waals surface area contributed by atoms with E-state index in [9.17, 15) is 4.79 Å². The summed E-state index contributed by atoms with van der Waals surface area (Å²) in [5, 5.41) is 4.06. The fraction of sp³-hybridized carbons (Fsp3) is 0.536. The number of carbonyl (C=O) groups is 1. The van der Waals surface area contributed by atoms with Crippen LogP contribution in [0.15, 0.2) is 23.8 Å². The number of amides is 1. The highest BCUT2D eigenvalue weighted by Crippen LogP contribution is 2.29. The molecule has 3 aliphatic carbocycles. The highest BCUT2D eigenvalue weighted by atomic mass is 28.3. The fourth-order valence-corrected chi connectivity index (χ4v) is 8.67. The second kappa shape index (κ2) is 9.73.